The third-order valence-corrected chi connectivity index (χ3v) is 6.74. The highest BCUT2D eigenvalue weighted by atomic mass is 32.2. The quantitative estimate of drug-likeness (QED) is 0.636. The molecule has 3 aromatic carbocycles. The summed E-state index contributed by atoms with van der Waals surface area (Å²) in [7, 11) is -2.56. The van der Waals surface area contributed by atoms with Crippen LogP contribution in [0.15, 0.2) is 83.8 Å². The lowest BCUT2D eigenvalue weighted by atomic mass is 9.85. The Morgan fingerprint density at radius 3 is 1.87 bits per heavy atom. The van der Waals surface area contributed by atoms with Crippen LogP contribution in [0, 0.1) is 6.92 Å². The summed E-state index contributed by atoms with van der Waals surface area (Å²) < 4.78 is 68.5. The van der Waals surface area contributed by atoms with Crippen LogP contribution >= 0.6 is 0 Å². The second-order valence-corrected chi connectivity index (χ2v) is 8.83. The van der Waals surface area contributed by atoms with Crippen molar-refractivity contribution < 1.29 is 26.7 Å². The molecular weight excluding hydrogens is 415 g/mol. The molecule has 0 aliphatic rings. The zero-order chi connectivity index (χ0) is 22.2. The van der Waals surface area contributed by atoms with Gasteiger partial charge in [0.05, 0.1) is 10.6 Å². The van der Waals surface area contributed by atoms with Crippen molar-refractivity contribution in [2.24, 2.45) is 0 Å². The lowest BCUT2D eigenvalue weighted by Crippen LogP contribution is -2.43. The molecule has 0 amide bonds. The maximum Gasteiger partial charge on any atom is 0.425 e. The molecule has 3 aromatic rings. The monoisotopic (exact) mass is 435 g/mol. The molecule has 1 unspecified atom stereocenters. The Labute approximate surface area is 173 Å². The molecule has 4 nitrogen and oxygen atoms in total. The maximum atomic E-state index is 13.9. The van der Waals surface area contributed by atoms with Crippen LogP contribution in [0.5, 0.6) is 0 Å². The maximum absolute atomic E-state index is 13.9. The molecule has 1 N–H and O–H groups in total. The van der Waals surface area contributed by atoms with Crippen LogP contribution in [0.2, 0.25) is 0 Å². The van der Waals surface area contributed by atoms with Crippen molar-refractivity contribution in [1.82, 2.24) is 0 Å². The number of halogens is 3. The van der Waals surface area contributed by atoms with Gasteiger partial charge in [0.25, 0.3) is 10.0 Å². The van der Waals surface area contributed by atoms with E-state index in [1.54, 1.807) is 24.3 Å². The van der Waals surface area contributed by atoms with Crippen LogP contribution < -0.4 is 4.31 Å². The number of aryl methyl sites for hydroxylation is 1. The first-order valence-corrected chi connectivity index (χ1v) is 10.4. The van der Waals surface area contributed by atoms with Crippen molar-refractivity contribution >= 4 is 15.7 Å². The molecule has 1 atom stereocenters. The summed E-state index contributed by atoms with van der Waals surface area (Å²) >= 11 is 0. The predicted octanol–water partition coefficient (Wildman–Crippen LogP) is 4.62. The Kier molecular flexibility index (Phi) is 5.66. The van der Waals surface area contributed by atoms with Gasteiger partial charge >= 0.3 is 6.18 Å². The third-order valence-electron chi connectivity index (χ3n) is 4.96. The molecule has 0 radical (unpaired) electrons. The fourth-order valence-electron chi connectivity index (χ4n) is 3.29. The number of anilines is 1. The molecule has 0 fully saturated rings. The summed E-state index contributed by atoms with van der Waals surface area (Å²) in [4.78, 5) is 0.0621. The van der Waals surface area contributed by atoms with E-state index in [-0.39, 0.29) is 21.7 Å². The molecule has 8 heteroatoms. The van der Waals surface area contributed by atoms with Gasteiger partial charge in [0, 0.05) is 7.05 Å². The minimum Gasteiger partial charge on any atom is -0.372 e. The molecule has 0 saturated heterocycles. The molecule has 0 aliphatic carbocycles. The van der Waals surface area contributed by atoms with Gasteiger partial charge < -0.3 is 5.11 Å². The number of rotatable bonds is 5. The Hall–Kier alpha value is -2.84. The first kappa shape index (κ1) is 21.9. The summed E-state index contributed by atoms with van der Waals surface area (Å²) in [5.74, 6) is 0. The van der Waals surface area contributed by atoms with Gasteiger partial charge in [-0.1, -0.05) is 60.7 Å². The van der Waals surface area contributed by atoms with Gasteiger partial charge in [-0.05, 0) is 41.8 Å². The van der Waals surface area contributed by atoms with Gasteiger partial charge in [0.15, 0.2) is 0 Å². The van der Waals surface area contributed by atoms with Crippen molar-refractivity contribution in [2.75, 3.05) is 11.4 Å². The van der Waals surface area contributed by atoms with E-state index in [0.29, 0.717) is 0 Å². The van der Waals surface area contributed by atoms with E-state index in [0.717, 1.165) is 16.4 Å². The number of benzene rings is 3. The lowest BCUT2D eigenvalue weighted by molar-refractivity contribution is -0.248. The van der Waals surface area contributed by atoms with Crippen LogP contribution in [-0.4, -0.2) is 26.7 Å². The normalized spacial score (nSPS) is 14.2. The molecule has 0 saturated carbocycles. The number of sulfonamides is 1. The lowest BCUT2D eigenvalue weighted by Gasteiger charge is -2.32. The van der Waals surface area contributed by atoms with Gasteiger partial charge in [-0.3, -0.25) is 4.31 Å². The minimum absolute atomic E-state index is 0.0621. The average Bonchev–Trinajstić information content (AvgIpc) is 2.73. The highest BCUT2D eigenvalue weighted by Crippen LogP contribution is 2.45. The molecular formula is C22H20F3NO3S. The van der Waals surface area contributed by atoms with Gasteiger partial charge in [-0.25, -0.2) is 8.42 Å². The van der Waals surface area contributed by atoms with Gasteiger partial charge in [0.1, 0.15) is 0 Å². The van der Waals surface area contributed by atoms with Crippen LogP contribution in [0.4, 0.5) is 18.9 Å². The first-order chi connectivity index (χ1) is 14.0. The Balaban J connectivity index is 2.08. The largest absolute Gasteiger partial charge is 0.425 e. The van der Waals surface area contributed by atoms with E-state index in [1.165, 1.54) is 56.4 Å². The number of hydrogen-bond donors (Lipinski definition) is 1. The van der Waals surface area contributed by atoms with Gasteiger partial charge in [-0.15, -0.1) is 0 Å². The Bertz CT molecular complexity index is 1130. The Morgan fingerprint density at radius 2 is 1.37 bits per heavy atom. The summed E-state index contributed by atoms with van der Waals surface area (Å²) in [5.41, 5.74) is -3.47. The van der Waals surface area contributed by atoms with E-state index in [4.69, 9.17) is 0 Å². The van der Waals surface area contributed by atoms with Crippen molar-refractivity contribution in [3.05, 3.63) is 95.6 Å². The molecule has 3 rings (SSSR count). The second kappa shape index (κ2) is 7.77. The number of nitrogens with zero attached hydrogens (tertiary/aromatic N) is 1. The number of hydrogen-bond acceptors (Lipinski definition) is 3. The first-order valence-electron chi connectivity index (χ1n) is 8.99. The fourth-order valence-corrected chi connectivity index (χ4v) is 4.57. The highest BCUT2D eigenvalue weighted by Gasteiger charge is 2.56. The third kappa shape index (κ3) is 3.68. The SMILES string of the molecule is Cc1cc(C(O)(c2ccccc2)C(F)(F)F)ccc1N(C)S(=O)(=O)c1ccccc1. The molecule has 0 heterocycles. The zero-order valence-corrected chi connectivity index (χ0v) is 17.1. The molecule has 0 aliphatic heterocycles. The number of alkyl halides is 3. The standard InChI is InChI=1S/C22H20F3NO3S/c1-16-15-18(21(27,22(23,24)25)17-9-5-3-6-10-17)13-14-20(16)26(2)30(28,29)19-11-7-4-8-12-19/h3-15,27H,1-2H3. The minimum atomic E-state index is -4.98. The van der Waals surface area contributed by atoms with Crippen LogP contribution in [0.3, 0.4) is 0 Å². The van der Waals surface area contributed by atoms with E-state index in [9.17, 15) is 26.7 Å². The van der Waals surface area contributed by atoms with Crippen molar-refractivity contribution in [2.45, 2.75) is 23.6 Å². The van der Waals surface area contributed by atoms with Crippen molar-refractivity contribution in [1.29, 1.82) is 0 Å². The number of aliphatic hydroxyl groups is 1. The summed E-state index contributed by atoms with van der Waals surface area (Å²) in [5, 5.41) is 10.7. The summed E-state index contributed by atoms with van der Waals surface area (Å²) in [6, 6.07) is 18.0. The molecule has 30 heavy (non-hydrogen) atoms. The molecule has 158 valence electrons. The fraction of sp³-hybridized carbons (Fsp3) is 0.182. The Morgan fingerprint density at radius 1 is 0.833 bits per heavy atom. The van der Waals surface area contributed by atoms with Gasteiger partial charge in [-0.2, -0.15) is 13.2 Å². The van der Waals surface area contributed by atoms with Crippen molar-refractivity contribution in [3.8, 4) is 0 Å². The topological polar surface area (TPSA) is 57.6 Å². The summed E-state index contributed by atoms with van der Waals surface area (Å²) in [6.07, 6.45) is -4.98. The van der Waals surface area contributed by atoms with Crippen LogP contribution in [0.25, 0.3) is 0 Å². The second-order valence-electron chi connectivity index (χ2n) is 6.86. The molecule has 0 bridgehead atoms. The van der Waals surface area contributed by atoms with E-state index in [2.05, 4.69) is 0 Å². The molecule has 0 spiro atoms. The van der Waals surface area contributed by atoms with E-state index < -0.39 is 27.4 Å². The van der Waals surface area contributed by atoms with Crippen molar-refractivity contribution in [3.63, 3.8) is 0 Å². The smallest absolute Gasteiger partial charge is 0.372 e. The predicted molar refractivity (Wildman–Crippen MR) is 109 cm³/mol. The van der Waals surface area contributed by atoms with Gasteiger partial charge in [0.2, 0.25) is 5.60 Å². The van der Waals surface area contributed by atoms with E-state index >= 15 is 0 Å². The van der Waals surface area contributed by atoms with E-state index in [1.807, 2.05) is 0 Å². The van der Waals surface area contributed by atoms with Crippen LogP contribution in [-0.2, 0) is 15.6 Å². The molecule has 0 aromatic heterocycles. The van der Waals surface area contributed by atoms with Crippen LogP contribution in [0.1, 0.15) is 16.7 Å². The average molecular weight is 435 g/mol. The summed E-state index contributed by atoms with van der Waals surface area (Å²) in [6.45, 7) is 1.50. The zero-order valence-electron chi connectivity index (χ0n) is 16.3. The highest BCUT2D eigenvalue weighted by molar-refractivity contribution is 7.92.